The molecule has 0 aliphatic heterocycles. The molecule has 0 aliphatic rings. The summed E-state index contributed by atoms with van der Waals surface area (Å²) in [4.78, 5) is 38.5. The summed E-state index contributed by atoms with van der Waals surface area (Å²) >= 11 is 0. The van der Waals surface area contributed by atoms with Gasteiger partial charge in [0.15, 0.2) is 12.3 Å². The third-order valence-electron chi connectivity index (χ3n) is 4.46. The predicted molar refractivity (Wildman–Crippen MR) is 107 cm³/mol. The van der Waals surface area contributed by atoms with Gasteiger partial charge in [-0.3, -0.25) is 9.59 Å². The fraction of sp³-hybridized carbons (Fsp3) is 0.238. The molecule has 8 heteroatoms. The second kappa shape index (κ2) is 8.55. The zero-order valence-corrected chi connectivity index (χ0v) is 16.4. The van der Waals surface area contributed by atoms with Gasteiger partial charge in [-0.2, -0.15) is 5.10 Å². The van der Waals surface area contributed by atoms with Crippen molar-refractivity contribution in [3.05, 3.63) is 70.1 Å². The van der Waals surface area contributed by atoms with Crippen molar-refractivity contribution in [2.24, 2.45) is 7.05 Å². The van der Waals surface area contributed by atoms with Gasteiger partial charge in [-0.05, 0) is 23.8 Å². The molecule has 1 heterocycles. The number of ether oxygens (including phenoxy) is 2. The van der Waals surface area contributed by atoms with Gasteiger partial charge in [-0.15, -0.1) is 0 Å². The lowest BCUT2D eigenvalue weighted by atomic mass is 10.1. The number of methoxy groups -OCH3 is 1. The Morgan fingerprint density at radius 1 is 1.10 bits per heavy atom. The average molecular weight is 395 g/mol. The number of aryl methyl sites for hydroxylation is 1. The number of aromatic nitrogens is 2. The molecule has 0 unspecified atom stereocenters. The lowest BCUT2D eigenvalue weighted by Gasteiger charge is -2.17. The number of hydrogen-bond donors (Lipinski definition) is 0. The van der Waals surface area contributed by atoms with Gasteiger partial charge >= 0.3 is 5.97 Å². The highest BCUT2D eigenvalue weighted by atomic mass is 16.5. The normalized spacial score (nSPS) is 10.6. The van der Waals surface area contributed by atoms with E-state index in [1.807, 2.05) is 24.3 Å². The van der Waals surface area contributed by atoms with E-state index >= 15 is 0 Å². The average Bonchev–Trinajstić information content (AvgIpc) is 2.74. The maximum absolute atomic E-state index is 12.5. The number of benzene rings is 2. The Labute approximate surface area is 167 Å². The zero-order chi connectivity index (χ0) is 21.0. The van der Waals surface area contributed by atoms with Crippen molar-refractivity contribution in [3.8, 4) is 5.75 Å². The van der Waals surface area contributed by atoms with Gasteiger partial charge in [0.2, 0.25) is 0 Å². The Morgan fingerprint density at radius 3 is 2.55 bits per heavy atom. The molecule has 150 valence electrons. The van der Waals surface area contributed by atoms with Crippen molar-refractivity contribution in [2.45, 2.75) is 6.54 Å². The van der Waals surface area contributed by atoms with Crippen LogP contribution in [0.3, 0.4) is 0 Å². The number of nitrogens with zero attached hydrogens (tertiary/aromatic N) is 3. The Balaban J connectivity index is 1.69. The van der Waals surface area contributed by atoms with E-state index in [-0.39, 0.29) is 17.2 Å². The number of fused-ring (bicyclic) bond motifs is 1. The molecular weight excluding hydrogens is 374 g/mol. The highest BCUT2D eigenvalue weighted by Crippen LogP contribution is 2.15. The van der Waals surface area contributed by atoms with Crippen LogP contribution in [0, 0.1) is 0 Å². The maximum atomic E-state index is 12.5. The summed E-state index contributed by atoms with van der Waals surface area (Å²) in [6, 6.07) is 14.0. The number of esters is 1. The predicted octanol–water partition coefficient (Wildman–Crippen LogP) is 1.76. The number of carbonyl (C=O) groups excluding carboxylic acids is 2. The van der Waals surface area contributed by atoms with Gasteiger partial charge in [-0.25, -0.2) is 9.48 Å². The highest BCUT2D eigenvalue weighted by Gasteiger charge is 2.19. The lowest BCUT2D eigenvalue weighted by Crippen LogP contribution is -2.31. The summed E-state index contributed by atoms with van der Waals surface area (Å²) in [6.07, 6.45) is 0. The van der Waals surface area contributed by atoms with Gasteiger partial charge in [0.1, 0.15) is 5.75 Å². The van der Waals surface area contributed by atoms with Crippen molar-refractivity contribution >= 4 is 22.6 Å². The molecular formula is C21H21N3O5. The minimum atomic E-state index is -0.764. The fourth-order valence-electron chi connectivity index (χ4n) is 2.89. The second-order valence-electron chi connectivity index (χ2n) is 6.50. The van der Waals surface area contributed by atoms with Crippen LogP contribution in [0.1, 0.15) is 16.1 Å². The molecule has 0 saturated carbocycles. The summed E-state index contributed by atoms with van der Waals surface area (Å²) in [5.41, 5.74) is 0.564. The van der Waals surface area contributed by atoms with Crippen LogP contribution >= 0.6 is 0 Å². The van der Waals surface area contributed by atoms with Crippen molar-refractivity contribution in [1.82, 2.24) is 14.7 Å². The molecule has 0 saturated heterocycles. The summed E-state index contributed by atoms with van der Waals surface area (Å²) < 4.78 is 11.4. The van der Waals surface area contributed by atoms with Gasteiger partial charge in [0, 0.05) is 26.0 Å². The van der Waals surface area contributed by atoms with E-state index in [2.05, 4.69) is 5.10 Å². The molecule has 1 amide bonds. The first kappa shape index (κ1) is 20.1. The van der Waals surface area contributed by atoms with Crippen LogP contribution in [-0.2, 0) is 23.1 Å². The standard InChI is InChI=1S/C21H21N3O5/c1-23(12-14-7-6-8-15(11-14)28-3)18(25)13-29-21(27)19-16-9-4-5-10-17(16)20(26)24(2)22-19/h4-11H,12-13H2,1-3H3. The fourth-order valence-corrected chi connectivity index (χ4v) is 2.89. The van der Waals surface area contributed by atoms with E-state index in [1.54, 1.807) is 38.4 Å². The van der Waals surface area contributed by atoms with Gasteiger partial charge in [-0.1, -0.05) is 30.3 Å². The number of likely N-dealkylation sites (N-methyl/N-ethyl adjacent to an activating group) is 1. The number of rotatable bonds is 6. The Bertz CT molecular complexity index is 1120. The summed E-state index contributed by atoms with van der Waals surface area (Å²) in [5.74, 6) is -0.433. The maximum Gasteiger partial charge on any atom is 0.359 e. The molecule has 0 N–H and O–H groups in total. The topological polar surface area (TPSA) is 90.7 Å². The minimum Gasteiger partial charge on any atom is -0.497 e. The largest absolute Gasteiger partial charge is 0.497 e. The van der Waals surface area contributed by atoms with E-state index in [4.69, 9.17) is 9.47 Å². The molecule has 0 bridgehead atoms. The second-order valence-corrected chi connectivity index (χ2v) is 6.50. The smallest absolute Gasteiger partial charge is 0.359 e. The monoisotopic (exact) mass is 395 g/mol. The summed E-state index contributed by atoms with van der Waals surface area (Å²) in [6.45, 7) is -0.0905. The van der Waals surface area contributed by atoms with Crippen molar-refractivity contribution in [1.29, 1.82) is 0 Å². The quantitative estimate of drug-likeness (QED) is 0.591. The van der Waals surface area contributed by atoms with E-state index in [1.165, 1.54) is 11.9 Å². The van der Waals surface area contributed by atoms with Crippen LogP contribution in [0.25, 0.3) is 10.8 Å². The van der Waals surface area contributed by atoms with Gasteiger partial charge < -0.3 is 14.4 Å². The SMILES string of the molecule is COc1cccc(CN(C)C(=O)COC(=O)c2nn(C)c(=O)c3ccccc23)c1. The van der Waals surface area contributed by atoms with Crippen LogP contribution < -0.4 is 10.3 Å². The molecule has 29 heavy (non-hydrogen) atoms. The highest BCUT2D eigenvalue weighted by molar-refractivity contribution is 6.02. The van der Waals surface area contributed by atoms with Gasteiger partial charge in [0.05, 0.1) is 12.5 Å². The van der Waals surface area contributed by atoms with E-state index in [0.717, 1.165) is 10.2 Å². The van der Waals surface area contributed by atoms with Crippen molar-refractivity contribution < 1.29 is 19.1 Å². The molecule has 0 spiro atoms. The number of hydrogen-bond acceptors (Lipinski definition) is 6. The number of amides is 1. The molecule has 1 aromatic heterocycles. The van der Waals surface area contributed by atoms with Gasteiger partial charge in [0.25, 0.3) is 11.5 Å². The van der Waals surface area contributed by atoms with Crippen molar-refractivity contribution in [2.75, 3.05) is 20.8 Å². The van der Waals surface area contributed by atoms with E-state index in [0.29, 0.717) is 23.1 Å². The molecule has 3 aromatic rings. The molecule has 0 radical (unpaired) electrons. The third-order valence-corrected chi connectivity index (χ3v) is 4.46. The Kier molecular flexibility index (Phi) is 5.92. The van der Waals surface area contributed by atoms with E-state index in [9.17, 15) is 14.4 Å². The minimum absolute atomic E-state index is 0.00838. The first-order valence-electron chi connectivity index (χ1n) is 8.90. The molecule has 0 aliphatic carbocycles. The van der Waals surface area contributed by atoms with Crippen LogP contribution in [0.5, 0.6) is 5.75 Å². The summed E-state index contributed by atoms with van der Waals surface area (Å²) in [5, 5.41) is 4.75. The number of carbonyl (C=O) groups is 2. The van der Waals surface area contributed by atoms with Crippen LogP contribution in [0.15, 0.2) is 53.3 Å². The van der Waals surface area contributed by atoms with E-state index < -0.39 is 12.6 Å². The van der Waals surface area contributed by atoms with Crippen LogP contribution in [0.4, 0.5) is 0 Å². The molecule has 8 nitrogen and oxygen atoms in total. The molecule has 0 atom stereocenters. The van der Waals surface area contributed by atoms with Crippen LogP contribution in [-0.4, -0.2) is 47.3 Å². The zero-order valence-electron chi connectivity index (χ0n) is 16.4. The lowest BCUT2D eigenvalue weighted by molar-refractivity contribution is -0.133. The van der Waals surface area contributed by atoms with Crippen molar-refractivity contribution in [3.63, 3.8) is 0 Å². The van der Waals surface area contributed by atoms with Crippen LogP contribution in [0.2, 0.25) is 0 Å². The molecule has 0 fully saturated rings. The Hall–Kier alpha value is -3.68. The third kappa shape index (κ3) is 4.43. The summed E-state index contributed by atoms with van der Waals surface area (Å²) in [7, 11) is 4.65. The molecule has 2 aromatic carbocycles. The molecule has 3 rings (SSSR count). The first-order chi connectivity index (χ1) is 13.9. The first-order valence-corrected chi connectivity index (χ1v) is 8.90. The Morgan fingerprint density at radius 2 is 1.83 bits per heavy atom.